The van der Waals surface area contributed by atoms with Crippen molar-refractivity contribution in [1.82, 2.24) is 14.8 Å². The van der Waals surface area contributed by atoms with Crippen LogP contribution in [0.4, 0.5) is 11.4 Å². The number of benzene rings is 2. The molecule has 4 rings (SSSR count). The maximum Gasteiger partial charge on any atom is 0.291 e. The van der Waals surface area contributed by atoms with Gasteiger partial charge in [0.05, 0.1) is 12.8 Å². The average molecular weight is 417 g/mol. The Balaban J connectivity index is 1.41. The van der Waals surface area contributed by atoms with Crippen LogP contribution in [0.3, 0.4) is 0 Å². The van der Waals surface area contributed by atoms with Gasteiger partial charge in [-0.25, -0.2) is 9.67 Å². The van der Waals surface area contributed by atoms with Crippen molar-refractivity contribution in [2.45, 2.75) is 6.92 Å². The highest BCUT2D eigenvalue weighted by Gasteiger charge is 2.17. The number of methoxy groups -OCH3 is 1. The zero-order chi connectivity index (χ0) is 21.8. The van der Waals surface area contributed by atoms with Crippen molar-refractivity contribution in [2.75, 3.05) is 17.7 Å². The van der Waals surface area contributed by atoms with Crippen LogP contribution >= 0.6 is 0 Å². The third kappa shape index (κ3) is 4.45. The molecule has 0 aliphatic heterocycles. The maximum absolute atomic E-state index is 12.5. The fourth-order valence-corrected chi connectivity index (χ4v) is 2.90. The summed E-state index contributed by atoms with van der Waals surface area (Å²) in [6.07, 6.45) is 3.02. The van der Waals surface area contributed by atoms with Gasteiger partial charge in [-0.2, -0.15) is 5.10 Å². The van der Waals surface area contributed by atoms with Crippen LogP contribution in [0, 0.1) is 6.92 Å². The quantitative estimate of drug-likeness (QED) is 0.495. The van der Waals surface area contributed by atoms with E-state index >= 15 is 0 Å². The summed E-state index contributed by atoms with van der Waals surface area (Å²) in [6, 6.07) is 15.3. The standard InChI is InChI=1S/C22H19N5O4/c1-14-11-17(30-2)7-8-18(14)26-22(29)20-10-9-19(31-20)21(28)25-15-3-5-16(6-4-15)27-13-23-12-24-27/h3-13H,1-2H3,(H,25,28)(H,26,29). The highest BCUT2D eigenvalue weighted by atomic mass is 16.5. The molecule has 0 atom stereocenters. The topological polar surface area (TPSA) is 111 Å². The molecule has 4 aromatic rings. The molecule has 0 saturated carbocycles. The normalized spacial score (nSPS) is 10.5. The molecule has 2 N–H and O–H groups in total. The highest BCUT2D eigenvalue weighted by molar-refractivity contribution is 6.05. The molecule has 0 spiro atoms. The Bertz CT molecular complexity index is 1210. The van der Waals surface area contributed by atoms with Crippen molar-refractivity contribution < 1.29 is 18.7 Å². The van der Waals surface area contributed by atoms with E-state index in [1.165, 1.54) is 18.5 Å². The minimum Gasteiger partial charge on any atom is -0.497 e. The van der Waals surface area contributed by atoms with Crippen molar-refractivity contribution in [2.24, 2.45) is 0 Å². The fourth-order valence-electron chi connectivity index (χ4n) is 2.90. The van der Waals surface area contributed by atoms with Gasteiger partial charge in [0.2, 0.25) is 0 Å². The van der Waals surface area contributed by atoms with Crippen molar-refractivity contribution in [3.05, 3.63) is 84.3 Å². The Labute approximate surface area is 177 Å². The molecular weight excluding hydrogens is 398 g/mol. The summed E-state index contributed by atoms with van der Waals surface area (Å²) in [5.41, 5.74) is 2.85. The molecule has 0 saturated heterocycles. The molecule has 0 unspecified atom stereocenters. The molecule has 2 amide bonds. The van der Waals surface area contributed by atoms with Gasteiger partial charge in [-0.15, -0.1) is 0 Å². The average Bonchev–Trinajstić information content (AvgIpc) is 3.48. The molecule has 2 aromatic carbocycles. The van der Waals surface area contributed by atoms with E-state index < -0.39 is 11.8 Å². The molecule has 2 aromatic heterocycles. The lowest BCUT2D eigenvalue weighted by atomic mass is 10.2. The van der Waals surface area contributed by atoms with E-state index in [1.54, 1.807) is 54.5 Å². The number of nitrogens with zero attached hydrogens (tertiary/aromatic N) is 3. The number of carbonyl (C=O) groups is 2. The molecule has 0 radical (unpaired) electrons. The van der Waals surface area contributed by atoms with Gasteiger partial charge in [0, 0.05) is 11.4 Å². The van der Waals surface area contributed by atoms with Crippen molar-refractivity contribution >= 4 is 23.2 Å². The zero-order valence-corrected chi connectivity index (χ0v) is 16.8. The molecule has 31 heavy (non-hydrogen) atoms. The summed E-state index contributed by atoms with van der Waals surface area (Å²) >= 11 is 0. The van der Waals surface area contributed by atoms with Gasteiger partial charge in [-0.05, 0) is 67.1 Å². The van der Waals surface area contributed by atoms with E-state index in [0.717, 1.165) is 11.3 Å². The lowest BCUT2D eigenvalue weighted by molar-refractivity contribution is 0.0974. The molecule has 0 aliphatic rings. The largest absolute Gasteiger partial charge is 0.497 e. The molecule has 2 heterocycles. The monoisotopic (exact) mass is 417 g/mol. The van der Waals surface area contributed by atoms with Crippen molar-refractivity contribution in [3.8, 4) is 11.4 Å². The molecule has 156 valence electrons. The third-order valence-electron chi connectivity index (χ3n) is 4.54. The number of hydrogen-bond acceptors (Lipinski definition) is 6. The maximum atomic E-state index is 12.5. The number of hydrogen-bond donors (Lipinski definition) is 2. The second-order valence-corrected chi connectivity index (χ2v) is 6.64. The summed E-state index contributed by atoms with van der Waals surface area (Å²) < 4.78 is 12.2. The number of nitrogens with one attached hydrogen (secondary N) is 2. The zero-order valence-electron chi connectivity index (χ0n) is 16.8. The Kier molecular flexibility index (Phi) is 5.48. The van der Waals surface area contributed by atoms with Crippen LogP contribution in [0.25, 0.3) is 5.69 Å². The van der Waals surface area contributed by atoms with E-state index in [4.69, 9.17) is 9.15 Å². The molecule has 0 fully saturated rings. The van der Waals surface area contributed by atoms with Gasteiger partial charge < -0.3 is 19.8 Å². The van der Waals surface area contributed by atoms with Gasteiger partial charge in [-0.1, -0.05) is 0 Å². The van der Waals surface area contributed by atoms with E-state index in [-0.39, 0.29) is 11.5 Å². The smallest absolute Gasteiger partial charge is 0.291 e. The lowest BCUT2D eigenvalue weighted by Crippen LogP contribution is -2.13. The molecule has 0 aliphatic carbocycles. The molecule has 0 bridgehead atoms. The highest BCUT2D eigenvalue weighted by Crippen LogP contribution is 2.22. The predicted molar refractivity (Wildman–Crippen MR) is 114 cm³/mol. The number of aromatic nitrogens is 3. The number of furan rings is 1. The summed E-state index contributed by atoms with van der Waals surface area (Å²) in [5, 5.41) is 9.54. The van der Waals surface area contributed by atoms with Crippen molar-refractivity contribution in [3.63, 3.8) is 0 Å². The van der Waals surface area contributed by atoms with E-state index in [2.05, 4.69) is 20.7 Å². The summed E-state index contributed by atoms with van der Waals surface area (Å²) in [5.74, 6) is -0.168. The number of rotatable bonds is 6. The first-order valence-electron chi connectivity index (χ1n) is 9.36. The van der Waals surface area contributed by atoms with Gasteiger partial charge >= 0.3 is 0 Å². The first-order valence-corrected chi connectivity index (χ1v) is 9.36. The minimum atomic E-state index is -0.465. The number of aryl methyl sites for hydroxylation is 1. The first kappa shape index (κ1) is 19.9. The lowest BCUT2D eigenvalue weighted by Gasteiger charge is -2.08. The Morgan fingerprint density at radius 2 is 1.68 bits per heavy atom. The molecule has 9 nitrogen and oxygen atoms in total. The molecule has 9 heteroatoms. The first-order chi connectivity index (χ1) is 15.0. The van der Waals surface area contributed by atoms with Crippen molar-refractivity contribution in [1.29, 1.82) is 0 Å². The van der Waals surface area contributed by atoms with Gasteiger partial charge in [0.15, 0.2) is 11.5 Å². The Hall–Kier alpha value is -4.40. The van der Waals surface area contributed by atoms with Crippen LogP contribution in [-0.2, 0) is 0 Å². The van der Waals surface area contributed by atoms with Gasteiger partial charge in [-0.3, -0.25) is 9.59 Å². The van der Waals surface area contributed by atoms with Crippen LogP contribution in [0.2, 0.25) is 0 Å². The Morgan fingerprint density at radius 1 is 0.968 bits per heavy atom. The second kappa shape index (κ2) is 8.54. The minimum absolute atomic E-state index is 0.0250. The summed E-state index contributed by atoms with van der Waals surface area (Å²) in [6.45, 7) is 1.85. The van der Waals surface area contributed by atoms with Gasteiger partial charge in [0.25, 0.3) is 11.8 Å². The summed E-state index contributed by atoms with van der Waals surface area (Å²) in [7, 11) is 1.58. The van der Waals surface area contributed by atoms with E-state index in [1.807, 2.05) is 13.0 Å². The predicted octanol–water partition coefficient (Wildman–Crippen LogP) is 3.68. The van der Waals surface area contributed by atoms with E-state index in [9.17, 15) is 9.59 Å². The molecular formula is C22H19N5O4. The van der Waals surface area contributed by atoms with Crippen LogP contribution < -0.4 is 15.4 Å². The third-order valence-corrected chi connectivity index (χ3v) is 4.54. The van der Waals surface area contributed by atoms with Crippen LogP contribution in [0.5, 0.6) is 5.75 Å². The number of ether oxygens (including phenoxy) is 1. The fraction of sp³-hybridized carbons (Fsp3) is 0.0909. The SMILES string of the molecule is COc1ccc(NC(=O)c2ccc(C(=O)Nc3ccc(-n4cncn4)cc3)o2)c(C)c1. The van der Waals surface area contributed by atoms with E-state index in [0.29, 0.717) is 17.1 Å². The second-order valence-electron chi connectivity index (χ2n) is 6.64. The number of carbonyl (C=O) groups excluding carboxylic acids is 2. The summed E-state index contributed by atoms with van der Waals surface area (Å²) in [4.78, 5) is 28.8. The van der Waals surface area contributed by atoms with Gasteiger partial charge in [0.1, 0.15) is 18.4 Å². The van der Waals surface area contributed by atoms with Crippen LogP contribution in [-0.4, -0.2) is 33.7 Å². The number of amides is 2. The Morgan fingerprint density at radius 3 is 2.29 bits per heavy atom. The van der Waals surface area contributed by atoms with Crippen LogP contribution in [0.15, 0.2) is 71.7 Å². The number of anilines is 2. The van der Waals surface area contributed by atoms with Crippen LogP contribution in [0.1, 0.15) is 26.7 Å².